The average Bonchev–Trinajstić information content (AvgIpc) is 3.14. The number of imide groups is 1. The first-order valence-corrected chi connectivity index (χ1v) is 13.3. The number of nitrogens with zero attached hydrogens (tertiary/aromatic N) is 1. The van der Waals surface area contributed by atoms with E-state index in [0.29, 0.717) is 6.61 Å². The second-order valence-electron chi connectivity index (χ2n) is 9.84. The van der Waals surface area contributed by atoms with Crippen molar-refractivity contribution in [2.45, 2.75) is 37.9 Å². The van der Waals surface area contributed by atoms with Crippen molar-refractivity contribution in [3.8, 4) is 0 Å². The molecule has 0 saturated carbocycles. The van der Waals surface area contributed by atoms with Crippen LogP contribution in [-0.2, 0) is 54.9 Å². The summed E-state index contributed by atoms with van der Waals surface area (Å²) in [6.45, 7) is 3.80. The lowest BCUT2D eigenvalue weighted by molar-refractivity contribution is -0.299. The van der Waals surface area contributed by atoms with Crippen molar-refractivity contribution in [2.24, 2.45) is 5.41 Å². The van der Waals surface area contributed by atoms with Crippen molar-refractivity contribution < 1.29 is 51.1 Å². The minimum Gasteiger partial charge on any atom is -0.376 e. The molecule has 0 spiro atoms. The Labute approximate surface area is 219 Å². The summed E-state index contributed by atoms with van der Waals surface area (Å²) in [6, 6.07) is 14.0. The minimum absolute atomic E-state index is 0.0297. The van der Waals surface area contributed by atoms with Crippen LogP contribution in [0.25, 0.3) is 10.8 Å². The van der Waals surface area contributed by atoms with Crippen LogP contribution in [0.4, 0.5) is 0 Å². The van der Waals surface area contributed by atoms with Crippen LogP contribution in [0.2, 0.25) is 0 Å². The quantitative estimate of drug-likeness (QED) is 0.338. The molecule has 206 valence electrons. The summed E-state index contributed by atoms with van der Waals surface area (Å²) in [5.74, 6) is -4.32. The molecule has 0 aliphatic carbocycles. The van der Waals surface area contributed by atoms with E-state index in [4.69, 9.17) is 28.3 Å². The molecule has 1 N–H and O–H groups in total. The summed E-state index contributed by atoms with van der Waals surface area (Å²) in [4.78, 5) is 40.8. The third kappa shape index (κ3) is 6.73. The maximum Gasteiger partial charge on any atom is 0.358 e. The minimum atomic E-state index is -4.82. The maximum absolute atomic E-state index is 12.2. The van der Waals surface area contributed by atoms with E-state index < -0.39 is 57.4 Å². The van der Waals surface area contributed by atoms with E-state index in [1.807, 2.05) is 42.5 Å². The predicted molar refractivity (Wildman–Crippen MR) is 131 cm³/mol. The molecule has 2 aliphatic rings. The fourth-order valence-corrected chi connectivity index (χ4v) is 4.75. The van der Waals surface area contributed by atoms with Gasteiger partial charge in [0, 0.05) is 0 Å². The Morgan fingerprint density at radius 2 is 1.71 bits per heavy atom. The van der Waals surface area contributed by atoms with Crippen molar-refractivity contribution in [1.29, 1.82) is 0 Å². The van der Waals surface area contributed by atoms with Gasteiger partial charge in [0.25, 0.3) is 21.9 Å². The number of benzene rings is 2. The molecule has 1 unspecified atom stereocenters. The molecule has 38 heavy (non-hydrogen) atoms. The van der Waals surface area contributed by atoms with E-state index in [2.05, 4.69) is 0 Å². The molecule has 13 heteroatoms. The Morgan fingerprint density at radius 1 is 1.05 bits per heavy atom. The van der Waals surface area contributed by atoms with Gasteiger partial charge >= 0.3 is 5.97 Å². The highest BCUT2D eigenvalue weighted by atomic mass is 32.2. The fraction of sp³-hybridized carbons (Fsp3) is 0.480. The number of hydrogen-bond donors (Lipinski definition) is 1. The van der Waals surface area contributed by atoms with Gasteiger partial charge in [-0.15, -0.1) is 5.06 Å². The van der Waals surface area contributed by atoms with E-state index in [-0.39, 0.29) is 31.5 Å². The third-order valence-electron chi connectivity index (χ3n) is 6.19. The summed E-state index contributed by atoms with van der Waals surface area (Å²) in [5.41, 5.74) is 0.214. The maximum atomic E-state index is 12.2. The largest absolute Gasteiger partial charge is 0.376 e. The van der Waals surface area contributed by atoms with E-state index >= 15 is 0 Å². The monoisotopic (exact) mass is 551 g/mol. The zero-order valence-corrected chi connectivity index (χ0v) is 21.8. The molecule has 0 radical (unpaired) electrons. The smallest absolute Gasteiger partial charge is 0.358 e. The molecule has 2 heterocycles. The number of ether oxygens (including phenoxy) is 4. The summed E-state index contributed by atoms with van der Waals surface area (Å²) in [6.07, 6.45) is -0.825. The number of carbonyl (C=O) groups is 3. The van der Waals surface area contributed by atoms with Crippen LogP contribution in [0.3, 0.4) is 0 Å². The van der Waals surface area contributed by atoms with Crippen molar-refractivity contribution in [2.75, 3.05) is 33.0 Å². The van der Waals surface area contributed by atoms with E-state index in [9.17, 15) is 22.8 Å². The van der Waals surface area contributed by atoms with Gasteiger partial charge in [-0.3, -0.25) is 14.1 Å². The lowest BCUT2D eigenvalue weighted by Gasteiger charge is -2.42. The number of amides is 2. The van der Waals surface area contributed by atoms with Crippen LogP contribution in [0.15, 0.2) is 42.5 Å². The summed E-state index contributed by atoms with van der Waals surface area (Å²) in [7, 11) is -4.82. The Bertz CT molecular complexity index is 1310. The van der Waals surface area contributed by atoms with Crippen LogP contribution >= 0.6 is 0 Å². The third-order valence-corrected chi connectivity index (χ3v) is 7.27. The number of fused-ring (bicyclic) bond motifs is 1. The molecule has 2 saturated heterocycles. The van der Waals surface area contributed by atoms with Gasteiger partial charge in [-0.25, -0.2) is 4.79 Å². The van der Waals surface area contributed by atoms with Gasteiger partial charge in [0.2, 0.25) is 0 Å². The molecular formula is C25H29NO11S. The molecular weight excluding hydrogens is 522 g/mol. The van der Waals surface area contributed by atoms with Gasteiger partial charge in [-0.1, -0.05) is 36.4 Å². The zero-order chi connectivity index (χ0) is 27.6. The number of rotatable bonds is 10. The summed E-state index contributed by atoms with van der Waals surface area (Å²) in [5, 5.41) is 0.234. The highest BCUT2D eigenvalue weighted by Gasteiger charge is 2.48. The van der Waals surface area contributed by atoms with Crippen molar-refractivity contribution in [3.05, 3.63) is 48.0 Å². The SMILES string of the molecule is CC1(C)OCC(COCC(=O)ON2C(=O)CC(S(=O)(=O)O)C2=O)(COCc2ccc3ccccc3c2)CO1. The zero-order valence-electron chi connectivity index (χ0n) is 21.0. The standard InChI is InChI=1S/C25H29NO11S/c1-24(2)35-15-25(16-36-24,13-33-11-17-7-8-18-5-3-4-6-19(18)9-17)14-34-12-22(28)37-26-21(27)10-20(23(26)29)38(30,31)32/h3-9,20H,10-16H2,1-2H3,(H,30,31,32). The normalized spacial score (nSPS) is 21.1. The second kappa shape index (κ2) is 11.0. The second-order valence-corrected chi connectivity index (χ2v) is 11.4. The molecule has 2 amide bonds. The fourth-order valence-electron chi connectivity index (χ4n) is 4.05. The van der Waals surface area contributed by atoms with Gasteiger partial charge in [-0.05, 0) is 36.2 Å². The Kier molecular flexibility index (Phi) is 8.16. The van der Waals surface area contributed by atoms with Crippen LogP contribution in [-0.4, -0.2) is 79.9 Å². The summed E-state index contributed by atoms with van der Waals surface area (Å²) >= 11 is 0. The average molecular weight is 552 g/mol. The van der Waals surface area contributed by atoms with Crippen LogP contribution in [0, 0.1) is 5.41 Å². The van der Waals surface area contributed by atoms with Gasteiger partial charge in [0.1, 0.15) is 6.61 Å². The van der Waals surface area contributed by atoms with Crippen LogP contribution in [0.1, 0.15) is 25.8 Å². The molecule has 0 aromatic heterocycles. The van der Waals surface area contributed by atoms with E-state index in [0.717, 1.165) is 16.3 Å². The highest BCUT2D eigenvalue weighted by Crippen LogP contribution is 2.31. The molecule has 4 rings (SSSR count). The first-order chi connectivity index (χ1) is 17.9. The molecule has 0 bridgehead atoms. The van der Waals surface area contributed by atoms with Gasteiger partial charge in [0.05, 0.1) is 44.9 Å². The summed E-state index contributed by atoms with van der Waals surface area (Å²) < 4.78 is 54.6. The van der Waals surface area contributed by atoms with Crippen molar-refractivity contribution in [3.63, 3.8) is 0 Å². The molecule has 1 atom stereocenters. The Hall–Kier alpha value is -2.94. The van der Waals surface area contributed by atoms with Gasteiger partial charge in [0.15, 0.2) is 11.0 Å². The lowest BCUT2D eigenvalue weighted by atomic mass is 9.91. The lowest BCUT2D eigenvalue weighted by Crippen LogP contribution is -2.51. The number of hydrogen-bond acceptors (Lipinski definition) is 10. The Morgan fingerprint density at radius 3 is 2.37 bits per heavy atom. The first kappa shape index (κ1) is 28.1. The highest BCUT2D eigenvalue weighted by molar-refractivity contribution is 7.87. The van der Waals surface area contributed by atoms with Crippen LogP contribution in [0.5, 0.6) is 0 Å². The molecule has 2 aromatic rings. The topological polar surface area (TPSA) is 155 Å². The number of carbonyl (C=O) groups excluding carboxylic acids is 3. The predicted octanol–water partition coefficient (Wildman–Crippen LogP) is 1.62. The molecule has 12 nitrogen and oxygen atoms in total. The van der Waals surface area contributed by atoms with E-state index in [1.54, 1.807) is 13.8 Å². The molecule has 2 fully saturated rings. The van der Waals surface area contributed by atoms with Crippen molar-refractivity contribution in [1.82, 2.24) is 5.06 Å². The first-order valence-electron chi connectivity index (χ1n) is 11.8. The van der Waals surface area contributed by atoms with Gasteiger partial charge in [-0.2, -0.15) is 8.42 Å². The number of hydroxylamine groups is 2. The van der Waals surface area contributed by atoms with E-state index in [1.165, 1.54) is 0 Å². The van der Waals surface area contributed by atoms with Gasteiger partial charge < -0.3 is 23.8 Å². The molecule has 2 aliphatic heterocycles. The van der Waals surface area contributed by atoms with Crippen LogP contribution < -0.4 is 0 Å². The Balaban J connectivity index is 1.32. The molecule has 2 aromatic carbocycles. The van der Waals surface area contributed by atoms with Crippen molar-refractivity contribution >= 4 is 38.7 Å².